The molecular formula is C30H42FN5O5S. The van der Waals surface area contributed by atoms with Gasteiger partial charge in [0.1, 0.15) is 6.04 Å². The first-order valence-electron chi connectivity index (χ1n) is 14.4. The van der Waals surface area contributed by atoms with Crippen LogP contribution in [0, 0.1) is 0 Å². The van der Waals surface area contributed by atoms with Gasteiger partial charge in [0, 0.05) is 32.2 Å². The molecule has 0 unspecified atom stereocenters. The van der Waals surface area contributed by atoms with Gasteiger partial charge in [0.25, 0.3) is 5.91 Å². The Morgan fingerprint density at radius 3 is 2.38 bits per heavy atom. The van der Waals surface area contributed by atoms with Gasteiger partial charge in [-0.25, -0.2) is 17.5 Å². The van der Waals surface area contributed by atoms with Gasteiger partial charge < -0.3 is 20.4 Å². The van der Waals surface area contributed by atoms with E-state index in [1.807, 2.05) is 30.3 Å². The van der Waals surface area contributed by atoms with E-state index in [0.717, 1.165) is 12.0 Å². The average Bonchev–Trinajstić information content (AvgIpc) is 3.48. The molecule has 42 heavy (non-hydrogen) atoms. The summed E-state index contributed by atoms with van der Waals surface area (Å²) in [6.07, 6.45) is 2.45. The summed E-state index contributed by atoms with van der Waals surface area (Å²) in [5.74, 6) is -1.27. The molecule has 3 atom stereocenters. The predicted molar refractivity (Wildman–Crippen MR) is 159 cm³/mol. The lowest BCUT2D eigenvalue weighted by Gasteiger charge is -2.33. The highest BCUT2D eigenvalue weighted by atomic mass is 32.2. The number of carbonyl (C=O) groups excluding carboxylic acids is 3. The van der Waals surface area contributed by atoms with Crippen molar-refractivity contribution in [2.45, 2.75) is 62.0 Å². The van der Waals surface area contributed by atoms with Gasteiger partial charge in [-0.05, 0) is 63.8 Å². The zero-order chi connectivity index (χ0) is 30.5. The van der Waals surface area contributed by atoms with E-state index < -0.39 is 34.7 Å². The molecule has 1 saturated heterocycles. The first-order valence-corrected chi connectivity index (χ1v) is 15.8. The third-order valence-corrected chi connectivity index (χ3v) is 9.00. The quantitative estimate of drug-likeness (QED) is 0.252. The molecule has 0 aromatic heterocycles. The molecule has 2 aromatic carbocycles. The van der Waals surface area contributed by atoms with E-state index in [4.69, 9.17) is 0 Å². The molecule has 230 valence electrons. The molecule has 0 bridgehead atoms. The van der Waals surface area contributed by atoms with Crippen molar-refractivity contribution in [2.24, 2.45) is 0 Å². The highest BCUT2D eigenvalue weighted by Gasteiger charge is 2.35. The van der Waals surface area contributed by atoms with Crippen molar-refractivity contribution >= 4 is 27.7 Å². The molecule has 10 nitrogen and oxygen atoms in total. The molecule has 12 heteroatoms. The zero-order valence-electron chi connectivity index (χ0n) is 24.3. The zero-order valence-corrected chi connectivity index (χ0v) is 25.1. The minimum atomic E-state index is -3.70. The third kappa shape index (κ3) is 9.60. The topological polar surface area (TPSA) is 128 Å². The van der Waals surface area contributed by atoms with Crippen LogP contribution in [0.15, 0.2) is 65.6 Å². The highest BCUT2D eigenvalue weighted by Crippen LogP contribution is 2.21. The van der Waals surface area contributed by atoms with Crippen molar-refractivity contribution in [3.05, 3.63) is 66.2 Å². The number of amides is 3. The van der Waals surface area contributed by atoms with E-state index in [-0.39, 0.29) is 42.3 Å². The number of sulfonamides is 1. The number of alkyl halides is 1. The summed E-state index contributed by atoms with van der Waals surface area (Å²) >= 11 is 0. The number of likely N-dealkylation sites (tertiary alicyclic amines) is 1. The van der Waals surface area contributed by atoms with Crippen LogP contribution in [0.1, 0.15) is 38.2 Å². The van der Waals surface area contributed by atoms with Crippen LogP contribution in [0.25, 0.3) is 0 Å². The fourth-order valence-corrected chi connectivity index (χ4v) is 6.06. The molecule has 2 aromatic rings. The second kappa shape index (κ2) is 16.3. The standard InChI is InChI=1S/C30H42FN5O5S/c1-23(32-2)29(38)34-27(16-9-18-33-42(40,41)26-14-7-4-8-15-26)30(39)36-19-10-13-25(36)22-35(28(37)21-31)20-17-24-11-5-3-6-12-24/h3-8,11-12,14-15,23,25,27,32-33H,9-10,13,16-22H2,1-2H3,(H,34,38)/t23-,25-,27-/m0/s1. The van der Waals surface area contributed by atoms with Gasteiger partial charge >= 0.3 is 0 Å². The maximum Gasteiger partial charge on any atom is 0.254 e. The summed E-state index contributed by atoms with van der Waals surface area (Å²) in [6.45, 7) is 1.62. The smallest absolute Gasteiger partial charge is 0.254 e. The summed E-state index contributed by atoms with van der Waals surface area (Å²) in [5, 5.41) is 5.67. The summed E-state index contributed by atoms with van der Waals surface area (Å²) in [4.78, 5) is 42.3. The highest BCUT2D eigenvalue weighted by molar-refractivity contribution is 7.89. The fourth-order valence-electron chi connectivity index (χ4n) is 4.96. The Morgan fingerprint density at radius 2 is 1.74 bits per heavy atom. The van der Waals surface area contributed by atoms with Gasteiger partial charge in [0.15, 0.2) is 6.67 Å². The van der Waals surface area contributed by atoms with Crippen molar-refractivity contribution in [2.75, 3.05) is 39.9 Å². The summed E-state index contributed by atoms with van der Waals surface area (Å²) in [6, 6.07) is 15.9. The van der Waals surface area contributed by atoms with E-state index in [1.165, 1.54) is 17.0 Å². The number of nitrogens with one attached hydrogen (secondary N) is 3. The molecular weight excluding hydrogens is 561 g/mol. The maximum absolute atomic E-state index is 13.8. The summed E-state index contributed by atoms with van der Waals surface area (Å²) < 4.78 is 41.2. The second-order valence-corrected chi connectivity index (χ2v) is 12.2. The van der Waals surface area contributed by atoms with Crippen LogP contribution < -0.4 is 15.4 Å². The largest absolute Gasteiger partial charge is 0.343 e. The Morgan fingerprint density at radius 1 is 1.07 bits per heavy atom. The van der Waals surface area contributed by atoms with Crippen LogP contribution in [0.2, 0.25) is 0 Å². The average molecular weight is 604 g/mol. The molecule has 3 rings (SSSR count). The molecule has 0 saturated carbocycles. The number of carbonyl (C=O) groups is 3. The molecule has 3 amide bonds. The summed E-state index contributed by atoms with van der Waals surface area (Å²) in [5.41, 5.74) is 1.03. The van der Waals surface area contributed by atoms with Crippen molar-refractivity contribution in [1.82, 2.24) is 25.2 Å². The number of rotatable bonds is 16. The molecule has 1 aliphatic heterocycles. The van der Waals surface area contributed by atoms with Crippen LogP contribution in [0.5, 0.6) is 0 Å². The lowest BCUT2D eigenvalue weighted by molar-refractivity contribution is -0.140. The molecule has 0 spiro atoms. The molecule has 1 heterocycles. The number of hydrogen-bond donors (Lipinski definition) is 3. The number of hydrogen-bond acceptors (Lipinski definition) is 6. The Kier molecular flexibility index (Phi) is 12.9. The van der Waals surface area contributed by atoms with E-state index in [2.05, 4.69) is 15.4 Å². The third-order valence-electron chi connectivity index (χ3n) is 7.53. The van der Waals surface area contributed by atoms with Crippen molar-refractivity contribution in [3.63, 3.8) is 0 Å². The van der Waals surface area contributed by atoms with E-state index in [9.17, 15) is 27.2 Å². The summed E-state index contributed by atoms with van der Waals surface area (Å²) in [7, 11) is -2.06. The van der Waals surface area contributed by atoms with Crippen LogP contribution in [0.4, 0.5) is 4.39 Å². The monoisotopic (exact) mass is 603 g/mol. The molecule has 0 aliphatic carbocycles. The predicted octanol–water partition coefficient (Wildman–Crippen LogP) is 1.87. The Balaban J connectivity index is 1.67. The van der Waals surface area contributed by atoms with Crippen molar-refractivity contribution in [1.29, 1.82) is 0 Å². The minimum Gasteiger partial charge on any atom is -0.343 e. The molecule has 1 aliphatic rings. The molecule has 3 N–H and O–H groups in total. The Bertz CT molecular complexity index is 1270. The van der Waals surface area contributed by atoms with E-state index in [0.29, 0.717) is 32.4 Å². The number of benzene rings is 2. The molecule has 1 fully saturated rings. The molecule has 0 radical (unpaired) electrons. The second-order valence-electron chi connectivity index (χ2n) is 10.5. The van der Waals surface area contributed by atoms with Crippen LogP contribution >= 0.6 is 0 Å². The minimum absolute atomic E-state index is 0.0835. The van der Waals surface area contributed by atoms with Gasteiger partial charge in [-0.15, -0.1) is 0 Å². The van der Waals surface area contributed by atoms with Crippen LogP contribution in [-0.4, -0.2) is 94.0 Å². The van der Waals surface area contributed by atoms with Gasteiger partial charge in [-0.1, -0.05) is 48.5 Å². The maximum atomic E-state index is 13.8. The lowest BCUT2D eigenvalue weighted by atomic mass is 10.1. The van der Waals surface area contributed by atoms with Crippen molar-refractivity contribution < 1.29 is 27.2 Å². The normalized spacial score (nSPS) is 16.5. The first-order chi connectivity index (χ1) is 20.2. The van der Waals surface area contributed by atoms with Crippen LogP contribution in [-0.2, 0) is 30.8 Å². The lowest BCUT2D eigenvalue weighted by Crippen LogP contribution is -2.55. The van der Waals surface area contributed by atoms with Gasteiger partial charge in [0.2, 0.25) is 21.8 Å². The number of likely N-dealkylation sites (N-methyl/N-ethyl adjacent to an activating group) is 1. The van der Waals surface area contributed by atoms with Gasteiger partial charge in [0.05, 0.1) is 10.9 Å². The van der Waals surface area contributed by atoms with Gasteiger partial charge in [-0.2, -0.15) is 0 Å². The van der Waals surface area contributed by atoms with Gasteiger partial charge in [-0.3, -0.25) is 14.4 Å². The first kappa shape index (κ1) is 33.2. The van der Waals surface area contributed by atoms with Crippen molar-refractivity contribution in [3.8, 4) is 0 Å². The SMILES string of the molecule is CN[C@@H](C)C(=O)N[C@@H](CCCNS(=O)(=O)c1ccccc1)C(=O)N1CCC[C@H]1CN(CCc1ccccc1)C(=O)CF. The Labute approximate surface area is 248 Å². The fraction of sp³-hybridized carbons (Fsp3) is 0.500. The van der Waals surface area contributed by atoms with E-state index in [1.54, 1.807) is 37.1 Å². The van der Waals surface area contributed by atoms with E-state index >= 15 is 0 Å². The number of nitrogens with zero attached hydrogens (tertiary/aromatic N) is 2. The Hall–Kier alpha value is -3.35. The van der Waals surface area contributed by atoms with Crippen LogP contribution in [0.3, 0.4) is 0 Å². The number of halogens is 1.